The standard InChI is InChI=1S/C9H15NO5/c1-2-15-8(12)5-9(3-4-9)7(6-11)10(13)14/h7,11H,2-6H2,1H3/t7-/m1/s1. The maximum Gasteiger partial charge on any atom is 0.306 e. The molecule has 1 rings (SSSR count). The lowest BCUT2D eigenvalue weighted by Crippen LogP contribution is -2.36. The second kappa shape index (κ2) is 4.57. The normalized spacial score (nSPS) is 19.3. The van der Waals surface area contributed by atoms with Crippen molar-refractivity contribution in [3.63, 3.8) is 0 Å². The molecule has 1 atom stereocenters. The molecule has 86 valence electrons. The molecule has 1 aliphatic rings. The van der Waals surface area contributed by atoms with Gasteiger partial charge in [0.1, 0.15) is 6.61 Å². The van der Waals surface area contributed by atoms with E-state index in [2.05, 4.69) is 0 Å². The summed E-state index contributed by atoms with van der Waals surface area (Å²) in [7, 11) is 0. The lowest BCUT2D eigenvalue weighted by molar-refractivity contribution is -0.538. The summed E-state index contributed by atoms with van der Waals surface area (Å²) in [6.45, 7) is 1.44. The first-order valence-electron chi connectivity index (χ1n) is 4.95. The van der Waals surface area contributed by atoms with Gasteiger partial charge in [0.15, 0.2) is 0 Å². The highest BCUT2D eigenvalue weighted by atomic mass is 16.6. The SMILES string of the molecule is CCOC(=O)CC1([C@@H](CO)[N+](=O)[O-])CC1. The highest BCUT2D eigenvalue weighted by molar-refractivity contribution is 5.70. The Morgan fingerprint density at radius 3 is 2.60 bits per heavy atom. The van der Waals surface area contributed by atoms with Gasteiger partial charge in [-0.15, -0.1) is 0 Å². The van der Waals surface area contributed by atoms with Crippen LogP contribution in [0.4, 0.5) is 0 Å². The number of hydrogen-bond donors (Lipinski definition) is 1. The number of carbonyl (C=O) groups is 1. The van der Waals surface area contributed by atoms with Crippen molar-refractivity contribution in [3.05, 3.63) is 10.1 Å². The first-order chi connectivity index (χ1) is 7.05. The van der Waals surface area contributed by atoms with Crippen molar-refractivity contribution in [1.82, 2.24) is 0 Å². The quantitative estimate of drug-likeness (QED) is 0.394. The van der Waals surface area contributed by atoms with Crippen LogP contribution >= 0.6 is 0 Å². The minimum atomic E-state index is -1.04. The number of aliphatic hydroxyl groups is 1. The van der Waals surface area contributed by atoms with Crippen molar-refractivity contribution < 1.29 is 19.6 Å². The molecule has 0 unspecified atom stereocenters. The van der Waals surface area contributed by atoms with Gasteiger partial charge < -0.3 is 9.84 Å². The second-order valence-corrected chi connectivity index (χ2v) is 3.83. The molecule has 0 bridgehead atoms. The molecule has 0 aromatic heterocycles. The zero-order valence-electron chi connectivity index (χ0n) is 8.64. The highest BCUT2D eigenvalue weighted by Crippen LogP contribution is 2.52. The molecule has 0 saturated heterocycles. The van der Waals surface area contributed by atoms with Gasteiger partial charge in [-0.05, 0) is 19.8 Å². The Hall–Kier alpha value is -1.17. The molecular formula is C9H15NO5. The van der Waals surface area contributed by atoms with Gasteiger partial charge in [0.05, 0.1) is 18.4 Å². The fourth-order valence-corrected chi connectivity index (χ4v) is 1.77. The predicted molar refractivity (Wildman–Crippen MR) is 50.8 cm³/mol. The smallest absolute Gasteiger partial charge is 0.306 e. The second-order valence-electron chi connectivity index (χ2n) is 3.83. The molecule has 0 aromatic carbocycles. The number of aliphatic hydroxyl groups excluding tert-OH is 1. The van der Waals surface area contributed by atoms with Gasteiger partial charge >= 0.3 is 5.97 Å². The summed E-state index contributed by atoms with van der Waals surface area (Å²) < 4.78 is 4.75. The third-order valence-electron chi connectivity index (χ3n) is 2.83. The summed E-state index contributed by atoms with van der Waals surface area (Å²) >= 11 is 0. The Morgan fingerprint density at radius 2 is 2.27 bits per heavy atom. The minimum Gasteiger partial charge on any atom is -0.466 e. The van der Waals surface area contributed by atoms with Crippen LogP contribution in [0.2, 0.25) is 0 Å². The Labute approximate surface area is 87.4 Å². The molecule has 0 amide bonds. The molecule has 6 heteroatoms. The van der Waals surface area contributed by atoms with E-state index in [4.69, 9.17) is 9.84 Å². The summed E-state index contributed by atoms with van der Waals surface area (Å²) in [6.07, 6.45) is 1.25. The lowest BCUT2D eigenvalue weighted by Gasteiger charge is -2.16. The van der Waals surface area contributed by atoms with Gasteiger partial charge in [-0.25, -0.2) is 0 Å². The van der Waals surface area contributed by atoms with Gasteiger partial charge in [0.2, 0.25) is 6.04 Å². The van der Waals surface area contributed by atoms with E-state index in [9.17, 15) is 14.9 Å². The van der Waals surface area contributed by atoms with Gasteiger partial charge in [-0.3, -0.25) is 14.9 Å². The van der Waals surface area contributed by atoms with Gasteiger partial charge in [-0.1, -0.05) is 0 Å². The molecular weight excluding hydrogens is 202 g/mol. The summed E-state index contributed by atoms with van der Waals surface area (Å²) in [6, 6.07) is -1.04. The summed E-state index contributed by atoms with van der Waals surface area (Å²) in [5.41, 5.74) is -0.662. The zero-order valence-corrected chi connectivity index (χ0v) is 8.64. The topological polar surface area (TPSA) is 89.7 Å². The van der Waals surface area contributed by atoms with Crippen molar-refractivity contribution in [3.8, 4) is 0 Å². The maximum absolute atomic E-state index is 11.2. The molecule has 6 nitrogen and oxygen atoms in total. The summed E-state index contributed by atoms with van der Waals surface area (Å²) in [4.78, 5) is 21.4. The monoisotopic (exact) mass is 217 g/mol. The number of nitro groups is 1. The number of carbonyl (C=O) groups excluding carboxylic acids is 1. The van der Waals surface area contributed by atoms with Crippen LogP contribution in [0.3, 0.4) is 0 Å². The van der Waals surface area contributed by atoms with E-state index in [0.717, 1.165) is 0 Å². The largest absolute Gasteiger partial charge is 0.466 e. The van der Waals surface area contributed by atoms with Crippen molar-refractivity contribution >= 4 is 5.97 Å². The van der Waals surface area contributed by atoms with Crippen molar-refractivity contribution in [2.45, 2.75) is 32.2 Å². The Balaban J connectivity index is 2.58. The predicted octanol–water partition coefficient (Wildman–Crippen LogP) is 0.357. The number of rotatable bonds is 6. The van der Waals surface area contributed by atoms with Crippen LogP contribution in [-0.2, 0) is 9.53 Å². The van der Waals surface area contributed by atoms with E-state index in [-0.39, 0.29) is 13.0 Å². The molecule has 0 aliphatic heterocycles. The van der Waals surface area contributed by atoms with Gasteiger partial charge in [0.25, 0.3) is 0 Å². The Bertz CT molecular complexity index is 261. The van der Waals surface area contributed by atoms with Crippen molar-refractivity contribution in [2.24, 2.45) is 5.41 Å². The maximum atomic E-state index is 11.2. The van der Waals surface area contributed by atoms with Crippen LogP contribution in [-0.4, -0.2) is 35.3 Å². The number of hydrogen-bond acceptors (Lipinski definition) is 5. The van der Waals surface area contributed by atoms with Crippen LogP contribution in [0.15, 0.2) is 0 Å². The molecule has 0 aromatic rings. The Morgan fingerprint density at radius 1 is 1.67 bits per heavy atom. The van der Waals surface area contributed by atoms with Crippen LogP contribution in [0, 0.1) is 15.5 Å². The molecule has 0 radical (unpaired) electrons. The first kappa shape index (κ1) is 11.9. The number of ether oxygens (including phenoxy) is 1. The van der Waals surface area contributed by atoms with Gasteiger partial charge in [-0.2, -0.15) is 0 Å². The van der Waals surface area contributed by atoms with E-state index in [1.807, 2.05) is 0 Å². The third kappa shape index (κ3) is 2.65. The molecule has 0 spiro atoms. The van der Waals surface area contributed by atoms with E-state index in [1.54, 1.807) is 6.92 Å². The first-order valence-corrected chi connectivity index (χ1v) is 4.95. The number of nitrogens with zero attached hydrogens (tertiary/aromatic N) is 1. The van der Waals surface area contributed by atoms with Crippen LogP contribution in [0.5, 0.6) is 0 Å². The van der Waals surface area contributed by atoms with E-state index >= 15 is 0 Å². The third-order valence-corrected chi connectivity index (χ3v) is 2.83. The van der Waals surface area contributed by atoms with Crippen LogP contribution < -0.4 is 0 Å². The molecule has 1 aliphatic carbocycles. The summed E-state index contributed by atoms with van der Waals surface area (Å²) in [5.74, 6) is -0.421. The van der Waals surface area contributed by atoms with Gasteiger partial charge in [0, 0.05) is 4.92 Å². The molecule has 1 N–H and O–H groups in total. The summed E-state index contributed by atoms with van der Waals surface area (Å²) in [5, 5.41) is 19.6. The van der Waals surface area contributed by atoms with Crippen molar-refractivity contribution in [2.75, 3.05) is 13.2 Å². The molecule has 0 heterocycles. The Kier molecular flexibility index (Phi) is 3.62. The molecule has 1 fully saturated rings. The van der Waals surface area contributed by atoms with Crippen LogP contribution in [0.25, 0.3) is 0 Å². The average molecular weight is 217 g/mol. The minimum absolute atomic E-state index is 0.0348. The van der Waals surface area contributed by atoms with Crippen molar-refractivity contribution in [1.29, 1.82) is 0 Å². The fourth-order valence-electron chi connectivity index (χ4n) is 1.77. The van der Waals surface area contributed by atoms with E-state index < -0.39 is 29.0 Å². The molecule has 1 saturated carbocycles. The highest BCUT2D eigenvalue weighted by Gasteiger charge is 2.57. The van der Waals surface area contributed by atoms with E-state index in [0.29, 0.717) is 12.8 Å². The zero-order chi connectivity index (χ0) is 11.5. The lowest BCUT2D eigenvalue weighted by atomic mass is 9.93. The fraction of sp³-hybridized carbons (Fsp3) is 0.889. The van der Waals surface area contributed by atoms with Crippen LogP contribution in [0.1, 0.15) is 26.2 Å². The van der Waals surface area contributed by atoms with E-state index in [1.165, 1.54) is 0 Å². The molecule has 15 heavy (non-hydrogen) atoms. The number of esters is 1. The average Bonchev–Trinajstić information content (AvgIpc) is 2.86.